The molecule has 0 bridgehead atoms. The highest BCUT2D eigenvalue weighted by molar-refractivity contribution is 5.99. The Morgan fingerprint density at radius 3 is 1.24 bits per heavy atom. The lowest BCUT2D eigenvalue weighted by molar-refractivity contribution is -0.141. The third kappa shape index (κ3) is 13.1. The average molecular weight is 1010 g/mol. The number of hydrogen-bond donors (Lipinski definition) is 0. The van der Waals surface area contributed by atoms with Crippen LogP contribution in [0.15, 0.2) is 103 Å². The number of fused-ring (bicyclic) bond motifs is 1. The van der Waals surface area contributed by atoms with Crippen LogP contribution in [-0.4, -0.2) is 53.0 Å². The number of pyridine rings is 1. The van der Waals surface area contributed by atoms with Crippen LogP contribution in [0.3, 0.4) is 0 Å². The summed E-state index contributed by atoms with van der Waals surface area (Å²) in [7, 11) is 0. The number of esters is 6. The smallest absolute Gasteiger partial charge is 0.338 e. The van der Waals surface area contributed by atoms with E-state index in [1.807, 2.05) is 30.3 Å². The van der Waals surface area contributed by atoms with Gasteiger partial charge in [0.1, 0.15) is 35.2 Å². The van der Waals surface area contributed by atoms with E-state index in [9.17, 15) is 28.8 Å². The predicted octanol–water partition coefficient (Wildman–Crippen LogP) is 12.8. The van der Waals surface area contributed by atoms with Crippen molar-refractivity contribution in [3.63, 3.8) is 0 Å². The second kappa shape index (κ2) is 24.4. The molecule has 0 unspecified atom stereocenters. The van der Waals surface area contributed by atoms with E-state index in [1.165, 1.54) is 0 Å². The van der Waals surface area contributed by atoms with Gasteiger partial charge in [-0.25, -0.2) is 9.59 Å². The summed E-state index contributed by atoms with van der Waals surface area (Å²) in [6, 6.07) is 25.6. The molecule has 0 amide bonds. The largest absolute Gasteiger partial charge is 0.459 e. The van der Waals surface area contributed by atoms with Gasteiger partial charge >= 0.3 is 35.8 Å². The molecule has 1 aromatic heterocycles. The predicted molar refractivity (Wildman–Crippen MR) is 276 cm³/mol. The number of carbonyl (C=O) groups is 6. The highest BCUT2D eigenvalue weighted by Gasteiger charge is 2.34. The lowest BCUT2D eigenvalue weighted by atomic mass is 9.81. The molecule has 4 aliphatic carbocycles. The lowest BCUT2D eigenvalue weighted by Gasteiger charge is -2.27. The van der Waals surface area contributed by atoms with Crippen molar-refractivity contribution in [1.82, 2.24) is 4.98 Å². The molecule has 4 aliphatic rings. The maximum atomic E-state index is 13.8. The molecule has 1 heterocycles. The first-order valence-electron chi connectivity index (χ1n) is 27.0. The quantitative estimate of drug-likeness (QED) is 0.0717. The van der Waals surface area contributed by atoms with Gasteiger partial charge in [0, 0.05) is 28.7 Å². The topological polar surface area (TPSA) is 171 Å². The molecule has 0 spiro atoms. The first kappa shape index (κ1) is 52.0. The fourth-order valence-corrected chi connectivity index (χ4v) is 11.2. The first-order valence-corrected chi connectivity index (χ1v) is 27.0. The summed E-state index contributed by atoms with van der Waals surface area (Å²) < 4.78 is 35.2. The Labute approximate surface area is 433 Å². The number of hydrogen-bond acceptors (Lipinski definition) is 13. The van der Waals surface area contributed by atoms with E-state index in [-0.39, 0.29) is 36.0 Å². The maximum absolute atomic E-state index is 13.8. The first-order chi connectivity index (χ1) is 36.0. The molecule has 0 saturated heterocycles. The van der Waals surface area contributed by atoms with Crippen LogP contribution in [0.1, 0.15) is 150 Å². The minimum atomic E-state index is -0.475. The molecular weight excluding hydrogens is 939 g/mol. The molecule has 13 heteroatoms. The lowest BCUT2D eigenvalue weighted by Crippen LogP contribution is -2.30. The van der Waals surface area contributed by atoms with Gasteiger partial charge < -0.3 is 28.4 Å². The van der Waals surface area contributed by atoms with Crippen molar-refractivity contribution in [2.45, 2.75) is 142 Å². The summed E-state index contributed by atoms with van der Waals surface area (Å²) in [5.74, 6) is -0.385. The van der Waals surface area contributed by atoms with Crippen LogP contribution >= 0.6 is 0 Å². The zero-order valence-electron chi connectivity index (χ0n) is 42.5. The Bertz CT molecular complexity index is 2760. The molecule has 0 atom stereocenters. The third-order valence-corrected chi connectivity index (χ3v) is 16.0. The van der Waals surface area contributed by atoms with Crippen LogP contribution < -0.4 is 18.9 Å². The van der Waals surface area contributed by atoms with Crippen LogP contribution in [0.4, 0.5) is 0 Å². The molecule has 4 fully saturated rings. The van der Waals surface area contributed by atoms with Gasteiger partial charge in [-0.15, -0.1) is 0 Å². The maximum Gasteiger partial charge on any atom is 0.338 e. The Kier molecular flexibility index (Phi) is 17.2. The van der Waals surface area contributed by atoms with Gasteiger partial charge in [0.05, 0.1) is 34.8 Å². The zero-order chi connectivity index (χ0) is 51.6. The van der Waals surface area contributed by atoms with E-state index in [1.54, 1.807) is 73.1 Å². The van der Waals surface area contributed by atoms with Gasteiger partial charge in [0.25, 0.3) is 0 Å². The minimum Gasteiger partial charge on any atom is -0.459 e. The van der Waals surface area contributed by atoms with Gasteiger partial charge in [-0.1, -0.05) is 38.8 Å². The number of aromatic nitrogens is 1. The summed E-state index contributed by atoms with van der Waals surface area (Å²) >= 11 is 0. The second-order valence-electron chi connectivity index (χ2n) is 20.8. The summed E-state index contributed by atoms with van der Waals surface area (Å²) in [5, 5.41) is 1.18. The van der Waals surface area contributed by atoms with E-state index < -0.39 is 35.7 Å². The molecular formula is C61H67NO12. The highest BCUT2D eigenvalue weighted by Crippen LogP contribution is 2.40. The second-order valence-corrected chi connectivity index (χ2v) is 20.8. The Balaban J connectivity index is 0.761. The summed E-state index contributed by atoms with van der Waals surface area (Å²) in [4.78, 5) is 83.6. The summed E-state index contributed by atoms with van der Waals surface area (Å²) in [6.07, 6.45) is 16.3. The number of carbonyl (C=O) groups excluding carboxylic acids is 6. The summed E-state index contributed by atoms with van der Waals surface area (Å²) in [5.41, 5.74) is 2.40. The fourth-order valence-electron chi connectivity index (χ4n) is 11.2. The van der Waals surface area contributed by atoms with Crippen molar-refractivity contribution >= 4 is 46.6 Å². The van der Waals surface area contributed by atoms with Gasteiger partial charge in [-0.3, -0.25) is 24.2 Å². The molecule has 4 saturated carbocycles. The van der Waals surface area contributed by atoms with Crippen molar-refractivity contribution in [2.75, 3.05) is 0 Å². The Morgan fingerprint density at radius 1 is 0.432 bits per heavy atom. The van der Waals surface area contributed by atoms with Crippen LogP contribution in [0.25, 0.3) is 21.9 Å². The number of nitrogens with zero attached hydrogens (tertiary/aromatic N) is 1. The molecule has 388 valence electrons. The standard InChI is InChI=1S/C61H67NO12/c1-3-38-7-11-40(12-8-38)56(63)69-48-24-15-42(16-25-48)58(65)71-50-28-19-44(20-29-50)60(67)73-54-33-34-55(53-36-46(23-32-52(53)54)47-6-5-35-62-37-47)74-61(68)45-21-30-51(31-22-45)72-59(66)43-17-26-49(27-18-43)70-57(64)41-13-9-39(4-2)10-14-41/h5-6,15-18,23-27,32-41,44-45,50-51H,3-4,7-14,19-22,28-31H2,1-2H3. The van der Waals surface area contributed by atoms with E-state index in [0.29, 0.717) is 108 Å². The highest BCUT2D eigenvalue weighted by atomic mass is 16.6. The van der Waals surface area contributed by atoms with Crippen molar-refractivity contribution in [1.29, 1.82) is 0 Å². The van der Waals surface area contributed by atoms with Crippen molar-refractivity contribution in [3.05, 3.63) is 115 Å². The van der Waals surface area contributed by atoms with E-state index in [4.69, 9.17) is 28.4 Å². The van der Waals surface area contributed by atoms with Crippen LogP contribution in [0, 0.1) is 35.5 Å². The van der Waals surface area contributed by atoms with Crippen LogP contribution in [0.5, 0.6) is 23.0 Å². The monoisotopic (exact) mass is 1010 g/mol. The Hall–Kier alpha value is -6.89. The molecule has 5 aromatic rings. The molecule has 0 N–H and O–H groups in total. The molecule has 4 aromatic carbocycles. The van der Waals surface area contributed by atoms with Gasteiger partial charge in [-0.2, -0.15) is 0 Å². The molecule has 0 radical (unpaired) electrons. The van der Waals surface area contributed by atoms with E-state index >= 15 is 0 Å². The SMILES string of the molecule is CCC1CCC(C(=O)Oc2ccc(C(=O)OC3CCC(C(=O)Oc4ccc(OC(=O)C5CCC(OC(=O)c6ccc(OC(=O)C7CCC(CC)CC7)cc6)CC5)c5cc(-c6cccnc6)ccc45)CC3)cc2)CC1. The summed E-state index contributed by atoms with van der Waals surface area (Å²) in [6.45, 7) is 4.38. The normalized spacial score (nSPS) is 23.9. The van der Waals surface area contributed by atoms with Crippen molar-refractivity contribution in [2.24, 2.45) is 35.5 Å². The molecule has 13 nitrogen and oxygen atoms in total. The van der Waals surface area contributed by atoms with Crippen molar-refractivity contribution < 1.29 is 57.2 Å². The Morgan fingerprint density at radius 2 is 0.838 bits per heavy atom. The van der Waals surface area contributed by atoms with Crippen LogP contribution in [0.2, 0.25) is 0 Å². The van der Waals surface area contributed by atoms with Crippen molar-refractivity contribution in [3.8, 4) is 34.1 Å². The van der Waals surface area contributed by atoms with Gasteiger partial charge in [-0.05, 0) is 199 Å². The van der Waals surface area contributed by atoms with E-state index in [0.717, 1.165) is 75.3 Å². The molecule has 74 heavy (non-hydrogen) atoms. The molecule has 9 rings (SSSR count). The minimum absolute atomic E-state index is 0.0941. The zero-order valence-corrected chi connectivity index (χ0v) is 42.5. The number of ether oxygens (including phenoxy) is 6. The number of rotatable bonds is 15. The van der Waals surface area contributed by atoms with Gasteiger partial charge in [0.2, 0.25) is 0 Å². The van der Waals surface area contributed by atoms with E-state index in [2.05, 4.69) is 18.8 Å². The van der Waals surface area contributed by atoms with Gasteiger partial charge in [0.15, 0.2) is 0 Å². The average Bonchev–Trinajstić information content (AvgIpc) is 3.44. The molecule has 0 aliphatic heterocycles. The number of benzene rings is 4. The third-order valence-electron chi connectivity index (χ3n) is 16.0. The van der Waals surface area contributed by atoms with Crippen LogP contribution in [-0.2, 0) is 28.7 Å². The fraction of sp³-hybridized carbons (Fsp3) is 0.459.